The Morgan fingerprint density at radius 2 is 1.85 bits per heavy atom. The summed E-state index contributed by atoms with van der Waals surface area (Å²) in [5.74, 6) is 1.97. The molecule has 4 aliphatic carbocycles. The largest absolute Gasteiger partial charge is 0.462 e. The van der Waals surface area contributed by atoms with Crippen LogP contribution in [0.25, 0.3) is 0 Å². The quantitative estimate of drug-likeness (QED) is 0.286. The van der Waals surface area contributed by atoms with E-state index in [1.807, 2.05) is 18.2 Å². The molecule has 5 aliphatic rings. The van der Waals surface area contributed by atoms with Crippen molar-refractivity contribution in [3.63, 3.8) is 0 Å². The lowest BCUT2D eigenvalue weighted by molar-refractivity contribution is -0.149. The first-order chi connectivity index (χ1) is 16.1. The maximum absolute atomic E-state index is 13.4. The van der Waals surface area contributed by atoms with E-state index in [4.69, 9.17) is 16.3 Å². The summed E-state index contributed by atoms with van der Waals surface area (Å²) in [6.45, 7) is 8.20. The highest BCUT2D eigenvalue weighted by molar-refractivity contribution is 6.33. The highest BCUT2D eigenvalue weighted by Crippen LogP contribution is 2.75. The minimum Gasteiger partial charge on any atom is -0.462 e. The topological polar surface area (TPSA) is 46.4 Å². The van der Waals surface area contributed by atoms with Gasteiger partial charge in [-0.3, -0.25) is 9.59 Å². The summed E-state index contributed by atoms with van der Waals surface area (Å²) in [7, 11) is 0. The number of ketones is 1. The normalized spacial score (nSPS) is 44.2. The van der Waals surface area contributed by atoms with Gasteiger partial charge in [-0.2, -0.15) is 0 Å². The summed E-state index contributed by atoms with van der Waals surface area (Å²) in [4.78, 5) is 27.3. The molecule has 0 bridgehead atoms. The van der Waals surface area contributed by atoms with Crippen LogP contribution >= 0.6 is 11.6 Å². The van der Waals surface area contributed by atoms with Gasteiger partial charge in [0.15, 0.2) is 5.78 Å². The number of allylic oxidation sites excluding steroid dienone is 1. The molecular formula is C29H36ClNO3. The molecule has 0 amide bonds. The third kappa shape index (κ3) is 2.72. The van der Waals surface area contributed by atoms with E-state index in [-0.39, 0.29) is 28.9 Å². The van der Waals surface area contributed by atoms with Crippen molar-refractivity contribution in [3.8, 4) is 0 Å². The van der Waals surface area contributed by atoms with E-state index in [1.54, 1.807) is 6.92 Å². The van der Waals surface area contributed by atoms with Gasteiger partial charge in [0.1, 0.15) is 11.6 Å². The van der Waals surface area contributed by atoms with Crippen molar-refractivity contribution >= 4 is 29.0 Å². The molecule has 1 aliphatic heterocycles. The summed E-state index contributed by atoms with van der Waals surface area (Å²) in [6, 6.07) is 8.27. The van der Waals surface area contributed by atoms with Crippen molar-refractivity contribution in [2.24, 2.45) is 28.6 Å². The van der Waals surface area contributed by atoms with Crippen molar-refractivity contribution < 1.29 is 14.3 Å². The lowest BCUT2D eigenvalue weighted by Crippen LogP contribution is -2.56. The Kier molecular flexibility index (Phi) is 4.89. The van der Waals surface area contributed by atoms with Gasteiger partial charge in [-0.1, -0.05) is 49.2 Å². The van der Waals surface area contributed by atoms with Gasteiger partial charge in [0.05, 0.1) is 16.8 Å². The maximum Gasteiger partial charge on any atom is 0.302 e. The van der Waals surface area contributed by atoms with Crippen molar-refractivity contribution in [2.45, 2.75) is 90.3 Å². The number of nitrogens with zero attached hydrogens (tertiary/aromatic N) is 1. The molecule has 0 aromatic heterocycles. The highest BCUT2D eigenvalue weighted by Gasteiger charge is 2.82. The number of anilines is 1. The first-order valence-electron chi connectivity index (χ1n) is 13.1. The van der Waals surface area contributed by atoms with E-state index in [9.17, 15) is 9.59 Å². The van der Waals surface area contributed by atoms with Gasteiger partial charge in [0.2, 0.25) is 0 Å². The van der Waals surface area contributed by atoms with Crippen molar-refractivity contribution in [2.75, 3.05) is 4.90 Å². The van der Waals surface area contributed by atoms with Crippen LogP contribution in [0.2, 0.25) is 5.02 Å². The predicted octanol–water partition coefficient (Wildman–Crippen LogP) is 6.36. The van der Waals surface area contributed by atoms with Crippen LogP contribution in [0.5, 0.6) is 0 Å². The first-order valence-corrected chi connectivity index (χ1v) is 13.4. The molecule has 34 heavy (non-hydrogen) atoms. The second kappa shape index (κ2) is 7.35. The number of rotatable bonds is 3. The molecule has 5 heteroatoms. The Labute approximate surface area is 208 Å². The molecule has 4 fully saturated rings. The Balaban J connectivity index is 1.32. The van der Waals surface area contributed by atoms with Crippen molar-refractivity contribution in [1.29, 1.82) is 0 Å². The minimum absolute atomic E-state index is 0.0273. The number of halogens is 1. The zero-order valence-electron chi connectivity index (χ0n) is 20.8. The summed E-state index contributed by atoms with van der Waals surface area (Å²) >= 11 is 6.61. The summed E-state index contributed by atoms with van der Waals surface area (Å²) in [5, 5.41) is 0.744. The number of benzene rings is 1. The number of piperidine rings is 1. The first kappa shape index (κ1) is 22.6. The van der Waals surface area contributed by atoms with Crippen molar-refractivity contribution in [1.82, 2.24) is 0 Å². The number of esters is 1. The molecule has 4 nitrogen and oxygen atoms in total. The van der Waals surface area contributed by atoms with Gasteiger partial charge < -0.3 is 9.64 Å². The summed E-state index contributed by atoms with van der Waals surface area (Å²) in [6.07, 6.45) is 9.89. The standard InChI is InChI=1S/C29H36ClNO3/c1-17(32)29-26(31(29)25-8-6-5-7-24(25)30)16-23-21-10-9-19-15-20(34-18(2)33)11-13-27(19,3)22(21)12-14-28(23,29)4/h5-9,20-23,26H,10-16H2,1-4H3. The number of ether oxygens (including phenoxy) is 1. The van der Waals surface area contributed by atoms with Crippen LogP contribution in [0.1, 0.15) is 72.6 Å². The fourth-order valence-electron chi connectivity index (χ4n) is 9.52. The average molecular weight is 482 g/mol. The highest BCUT2D eigenvalue weighted by atomic mass is 35.5. The van der Waals surface area contributed by atoms with Gasteiger partial charge in [-0.15, -0.1) is 0 Å². The minimum atomic E-state index is -0.411. The molecule has 8 unspecified atom stereocenters. The molecule has 1 heterocycles. The van der Waals surface area contributed by atoms with E-state index < -0.39 is 5.54 Å². The van der Waals surface area contributed by atoms with Crippen LogP contribution in [0.15, 0.2) is 35.9 Å². The second-order valence-corrected chi connectivity index (χ2v) is 12.5. The average Bonchev–Trinajstić information content (AvgIpc) is 3.37. The van der Waals surface area contributed by atoms with Crippen LogP contribution in [-0.4, -0.2) is 29.4 Å². The number of para-hydroxylation sites is 1. The van der Waals surface area contributed by atoms with Crippen LogP contribution in [0, 0.1) is 28.6 Å². The fraction of sp³-hybridized carbons (Fsp3) is 0.655. The van der Waals surface area contributed by atoms with E-state index in [2.05, 4.69) is 30.9 Å². The van der Waals surface area contributed by atoms with Crippen LogP contribution in [0.4, 0.5) is 5.69 Å². The number of hydrogen-bond donors (Lipinski definition) is 0. The molecule has 0 spiro atoms. The molecule has 6 rings (SSSR count). The molecule has 1 saturated heterocycles. The molecule has 3 saturated carbocycles. The predicted molar refractivity (Wildman–Crippen MR) is 134 cm³/mol. The number of Topliss-reactive ketones (excluding diaryl/α,β-unsaturated/α-hetero) is 1. The van der Waals surface area contributed by atoms with Crippen LogP contribution in [-0.2, 0) is 14.3 Å². The van der Waals surface area contributed by atoms with Crippen LogP contribution < -0.4 is 4.90 Å². The zero-order valence-corrected chi connectivity index (χ0v) is 21.5. The van der Waals surface area contributed by atoms with E-state index in [0.717, 1.165) is 49.2 Å². The molecule has 0 radical (unpaired) electrons. The summed E-state index contributed by atoms with van der Waals surface area (Å²) in [5.41, 5.74) is 2.29. The summed E-state index contributed by atoms with van der Waals surface area (Å²) < 4.78 is 5.60. The van der Waals surface area contributed by atoms with Crippen molar-refractivity contribution in [3.05, 3.63) is 40.9 Å². The van der Waals surface area contributed by atoms with Gasteiger partial charge in [0, 0.05) is 18.8 Å². The second-order valence-electron chi connectivity index (χ2n) is 12.1. The van der Waals surface area contributed by atoms with Gasteiger partial charge in [0.25, 0.3) is 0 Å². The van der Waals surface area contributed by atoms with E-state index >= 15 is 0 Å². The molecular weight excluding hydrogens is 446 g/mol. The number of fused-ring (bicyclic) bond motifs is 7. The van der Waals surface area contributed by atoms with E-state index in [0.29, 0.717) is 23.5 Å². The number of hydrogen-bond acceptors (Lipinski definition) is 4. The molecule has 1 aromatic rings. The molecule has 0 N–H and O–H groups in total. The lowest BCUT2D eigenvalue weighted by atomic mass is 9.46. The maximum atomic E-state index is 13.4. The van der Waals surface area contributed by atoms with Gasteiger partial charge in [-0.05, 0) is 80.8 Å². The lowest BCUT2D eigenvalue weighted by Gasteiger charge is -2.59. The molecule has 1 aromatic carbocycles. The molecule has 8 atom stereocenters. The zero-order chi connectivity index (χ0) is 24.0. The van der Waals surface area contributed by atoms with Gasteiger partial charge in [-0.25, -0.2) is 0 Å². The smallest absolute Gasteiger partial charge is 0.302 e. The van der Waals surface area contributed by atoms with Crippen LogP contribution in [0.3, 0.4) is 0 Å². The third-order valence-electron chi connectivity index (χ3n) is 10.9. The number of carbonyl (C=O) groups is 2. The fourth-order valence-corrected chi connectivity index (χ4v) is 9.75. The Morgan fingerprint density at radius 1 is 1.09 bits per heavy atom. The van der Waals surface area contributed by atoms with E-state index in [1.165, 1.54) is 18.9 Å². The Hall–Kier alpha value is -1.81. The number of carbonyl (C=O) groups excluding carboxylic acids is 2. The monoisotopic (exact) mass is 481 g/mol. The SMILES string of the molecule is CC(=O)OC1CCC2(C)C(=CCC3C2CCC2(C)C3CC3N(c4ccccc4Cl)C32C(C)=O)C1. The Bertz CT molecular complexity index is 1100. The Morgan fingerprint density at radius 3 is 2.56 bits per heavy atom. The van der Waals surface area contributed by atoms with Gasteiger partial charge >= 0.3 is 5.97 Å². The third-order valence-corrected chi connectivity index (χ3v) is 11.2. The molecule has 182 valence electrons.